The van der Waals surface area contributed by atoms with Crippen molar-refractivity contribution in [3.8, 4) is 0 Å². The van der Waals surface area contributed by atoms with E-state index in [-0.39, 0.29) is 5.41 Å². The lowest BCUT2D eigenvalue weighted by Crippen LogP contribution is -2.64. The minimum Gasteiger partial charge on any atom is -0.380 e. The molecule has 0 amide bonds. The fourth-order valence-electron chi connectivity index (χ4n) is 4.05. The van der Waals surface area contributed by atoms with Crippen LogP contribution < -0.4 is 5.73 Å². The molecule has 3 unspecified atom stereocenters. The normalized spacial score (nSPS) is 33.9. The first-order valence-electron chi connectivity index (χ1n) is 7.79. The van der Waals surface area contributed by atoms with Gasteiger partial charge < -0.3 is 15.4 Å². The number of hydrogen-bond donors (Lipinski definition) is 1. The summed E-state index contributed by atoms with van der Waals surface area (Å²) in [6, 6.07) is 0.303. The molecule has 0 aromatic rings. The SMILES string of the molecule is CCC1(CC)C(N=C(N)N2CCSCC2)C(C)C1OC. The lowest BCUT2D eigenvalue weighted by molar-refractivity contribution is -0.156. The molecule has 2 fully saturated rings. The van der Waals surface area contributed by atoms with E-state index in [2.05, 4.69) is 25.7 Å². The molecule has 1 aliphatic carbocycles. The van der Waals surface area contributed by atoms with Gasteiger partial charge in [0.15, 0.2) is 5.96 Å². The van der Waals surface area contributed by atoms with Gasteiger partial charge in [-0.2, -0.15) is 11.8 Å². The van der Waals surface area contributed by atoms with Crippen molar-refractivity contribution in [3.63, 3.8) is 0 Å². The van der Waals surface area contributed by atoms with E-state index in [1.807, 2.05) is 18.9 Å². The van der Waals surface area contributed by atoms with E-state index < -0.39 is 0 Å². The number of guanidine groups is 1. The molecule has 2 N–H and O–H groups in total. The molecule has 116 valence electrons. The fraction of sp³-hybridized carbons (Fsp3) is 0.933. The minimum absolute atomic E-state index is 0.170. The highest BCUT2D eigenvalue weighted by Gasteiger charge is 2.58. The Morgan fingerprint density at radius 1 is 1.35 bits per heavy atom. The summed E-state index contributed by atoms with van der Waals surface area (Å²) in [5.41, 5.74) is 6.43. The summed E-state index contributed by atoms with van der Waals surface area (Å²) >= 11 is 2.00. The van der Waals surface area contributed by atoms with Crippen molar-refractivity contribution in [2.24, 2.45) is 22.1 Å². The van der Waals surface area contributed by atoms with Gasteiger partial charge in [-0.25, -0.2) is 4.99 Å². The Bertz CT molecular complexity index is 351. The van der Waals surface area contributed by atoms with Gasteiger partial charge in [-0.05, 0) is 12.8 Å². The zero-order valence-corrected chi connectivity index (χ0v) is 14.1. The first kappa shape index (κ1) is 16.0. The molecule has 3 atom stereocenters. The minimum atomic E-state index is 0.170. The van der Waals surface area contributed by atoms with Crippen LogP contribution in [0.15, 0.2) is 4.99 Å². The topological polar surface area (TPSA) is 50.8 Å². The molecule has 2 rings (SSSR count). The monoisotopic (exact) mass is 299 g/mol. The molecule has 1 saturated heterocycles. The zero-order valence-electron chi connectivity index (χ0n) is 13.3. The molecule has 4 nitrogen and oxygen atoms in total. The van der Waals surface area contributed by atoms with E-state index in [0.29, 0.717) is 18.1 Å². The Hall–Kier alpha value is -0.420. The third kappa shape index (κ3) is 2.54. The lowest BCUT2D eigenvalue weighted by atomic mass is 9.53. The third-order valence-corrected chi connectivity index (χ3v) is 6.25. The first-order chi connectivity index (χ1) is 9.60. The van der Waals surface area contributed by atoms with Crippen molar-refractivity contribution in [2.75, 3.05) is 31.7 Å². The summed E-state index contributed by atoms with van der Waals surface area (Å²) in [5, 5.41) is 0. The van der Waals surface area contributed by atoms with Gasteiger partial charge in [-0.3, -0.25) is 0 Å². The molecule has 5 heteroatoms. The summed E-state index contributed by atoms with van der Waals surface area (Å²) < 4.78 is 5.73. The molecule has 0 spiro atoms. The van der Waals surface area contributed by atoms with Gasteiger partial charge in [0.2, 0.25) is 0 Å². The van der Waals surface area contributed by atoms with Crippen LogP contribution in [0.1, 0.15) is 33.6 Å². The van der Waals surface area contributed by atoms with Crippen LogP contribution in [0, 0.1) is 11.3 Å². The van der Waals surface area contributed by atoms with E-state index in [0.717, 1.165) is 43.4 Å². The molecule has 20 heavy (non-hydrogen) atoms. The highest BCUT2D eigenvalue weighted by atomic mass is 32.2. The molecule has 0 aromatic heterocycles. The van der Waals surface area contributed by atoms with Crippen molar-refractivity contribution in [1.82, 2.24) is 4.90 Å². The molecule has 1 heterocycles. The van der Waals surface area contributed by atoms with E-state index in [1.54, 1.807) is 0 Å². The molecular formula is C15H29N3OS. The number of methoxy groups -OCH3 is 1. The van der Waals surface area contributed by atoms with E-state index in [9.17, 15) is 0 Å². The summed E-state index contributed by atoms with van der Waals surface area (Å²) in [4.78, 5) is 7.15. The molecule has 1 saturated carbocycles. The molecular weight excluding hydrogens is 270 g/mol. The van der Waals surface area contributed by atoms with Gasteiger partial charge in [-0.15, -0.1) is 0 Å². The number of ether oxygens (including phenoxy) is 1. The second kappa shape index (κ2) is 6.56. The van der Waals surface area contributed by atoms with Gasteiger partial charge in [-0.1, -0.05) is 20.8 Å². The summed E-state index contributed by atoms with van der Waals surface area (Å²) in [7, 11) is 1.83. The molecule has 0 bridgehead atoms. The number of nitrogens with zero attached hydrogens (tertiary/aromatic N) is 2. The van der Waals surface area contributed by atoms with Crippen molar-refractivity contribution in [3.05, 3.63) is 0 Å². The smallest absolute Gasteiger partial charge is 0.191 e. The quantitative estimate of drug-likeness (QED) is 0.638. The van der Waals surface area contributed by atoms with Gasteiger partial charge in [0.05, 0.1) is 12.1 Å². The Balaban J connectivity index is 2.13. The van der Waals surface area contributed by atoms with Crippen LogP contribution in [0.4, 0.5) is 0 Å². The van der Waals surface area contributed by atoms with Crippen molar-refractivity contribution < 1.29 is 4.74 Å². The Morgan fingerprint density at radius 2 is 1.95 bits per heavy atom. The predicted molar refractivity (Wildman–Crippen MR) is 87.3 cm³/mol. The van der Waals surface area contributed by atoms with Crippen molar-refractivity contribution in [2.45, 2.75) is 45.8 Å². The van der Waals surface area contributed by atoms with Crippen LogP contribution >= 0.6 is 11.8 Å². The molecule has 0 radical (unpaired) electrons. The lowest BCUT2D eigenvalue weighted by Gasteiger charge is -2.58. The predicted octanol–water partition coefficient (Wildman–Crippen LogP) is 2.19. The maximum Gasteiger partial charge on any atom is 0.191 e. The maximum atomic E-state index is 6.26. The van der Waals surface area contributed by atoms with Crippen LogP contribution in [0.3, 0.4) is 0 Å². The number of thioether (sulfide) groups is 1. The van der Waals surface area contributed by atoms with Gasteiger partial charge in [0, 0.05) is 43.0 Å². The highest BCUT2D eigenvalue weighted by molar-refractivity contribution is 7.99. The molecule has 0 aromatic carbocycles. The zero-order chi connectivity index (χ0) is 14.8. The van der Waals surface area contributed by atoms with E-state index >= 15 is 0 Å². The molecule has 1 aliphatic heterocycles. The van der Waals surface area contributed by atoms with Crippen molar-refractivity contribution >= 4 is 17.7 Å². The average Bonchev–Trinajstić information content (AvgIpc) is 2.50. The third-order valence-electron chi connectivity index (χ3n) is 5.31. The molecule has 2 aliphatic rings. The van der Waals surface area contributed by atoms with Crippen molar-refractivity contribution in [1.29, 1.82) is 0 Å². The highest BCUT2D eigenvalue weighted by Crippen LogP contribution is 2.54. The van der Waals surface area contributed by atoms with Crippen LogP contribution in [0.5, 0.6) is 0 Å². The average molecular weight is 299 g/mol. The Morgan fingerprint density at radius 3 is 2.45 bits per heavy atom. The maximum absolute atomic E-state index is 6.26. The number of rotatable bonds is 4. The van der Waals surface area contributed by atoms with Crippen LogP contribution in [0.25, 0.3) is 0 Å². The second-order valence-corrected chi connectivity index (χ2v) is 7.21. The first-order valence-corrected chi connectivity index (χ1v) is 8.95. The van der Waals surface area contributed by atoms with Gasteiger partial charge in [0.25, 0.3) is 0 Å². The number of nitrogens with two attached hydrogens (primary N) is 1. The number of hydrogen-bond acceptors (Lipinski definition) is 3. The van der Waals surface area contributed by atoms with Gasteiger partial charge >= 0.3 is 0 Å². The summed E-state index contributed by atoms with van der Waals surface area (Å²) in [5.74, 6) is 3.51. The van der Waals surface area contributed by atoms with E-state index in [1.165, 1.54) is 0 Å². The largest absolute Gasteiger partial charge is 0.380 e. The second-order valence-electron chi connectivity index (χ2n) is 5.99. The van der Waals surface area contributed by atoms with Gasteiger partial charge in [0.1, 0.15) is 0 Å². The summed E-state index contributed by atoms with van der Waals surface area (Å²) in [6.45, 7) is 8.79. The van der Waals surface area contributed by atoms with E-state index in [4.69, 9.17) is 15.5 Å². The Labute approximate surface area is 127 Å². The Kier molecular flexibility index (Phi) is 5.24. The summed E-state index contributed by atoms with van der Waals surface area (Å²) in [6.07, 6.45) is 2.52. The van der Waals surface area contributed by atoms with Crippen LogP contribution in [-0.4, -0.2) is 54.7 Å². The van der Waals surface area contributed by atoms with Crippen LogP contribution in [0.2, 0.25) is 0 Å². The van der Waals surface area contributed by atoms with Crippen LogP contribution in [-0.2, 0) is 4.74 Å². The fourth-order valence-corrected chi connectivity index (χ4v) is 4.95. The number of aliphatic imine (C=N–C) groups is 1. The standard InChI is InChI=1S/C15H29N3OS/c1-5-15(6-2)12(11(3)13(15)19-4)17-14(16)18-7-9-20-10-8-18/h11-13H,5-10H2,1-4H3,(H2,16,17).